The molecule has 0 bridgehead atoms. The molecule has 0 aromatic heterocycles. The van der Waals surface area contributed by atoms with Crippen molar-refractivity contribution in [1.29, 1.82) is 5.26 Å². The number of nitrogens with two attached hydrogens (primary N) is 1. The summed E-state index contributed by atoms with van der Waals surface area (Å²) in [6, 6.07) is 16.5. The molecule has 0 radical (unpaired) electrons. The van der Waals surface area contributed by atoms with E-state index in [9.17, 15) is 8.42 Å². The number of rotatable bonds is 4. The van der Waals surface area contributed by atoms with E-state index in [0.29, 0.717) is 5.56 Å². The van der Waals surface area contributed by atoms with Crippen LogP contribution in [0.3, 0.4) is 0 Å². The van der Waals surface area contributed by atoms with Crippen LogP contribution in [-0.4, -0.2) is 39.5 Å². The highest BCUT2D eigenvalue weighted by Gasteiger charge is 2.18. The van der Waals surface area contributed by atoms with E-state index >= 15 is 0 Å². The zero-order valence-corrected chi connectivity index (χ0v) is 14.6. The summed E-state index contributed by atoms with van der Waals surface area (Å²) in [4.78, 5) is 4.74. The second kappa shape index (κ2) is 7.23. The van der Waals surface area contributed by atoms with Crippen LogP contribution in [-0.2, 0) is 16.6 Å². The van der Waals surface area contributed by atoms with Gasteiger partial charge in [-0.05, 0) is 42.0 Å². The van der Waals surface area contributed by atoms with Crippen molar-refractivity contribution in [3.63, 3.8) is 0 Å². The summed E-state index contributed by atoms with van der Waals surface area (Å²) in [5.41, 5.74) is 2.88. The molecular weight excluding hydrogens is 336 g/mol. The van der Waals surface area contributed by atoms with Gasteiger partial charge in [0.1, 0.15) is 0 Å². The number of hydrogen-bond donors (Lipinski definition) is 1. The molecule has 0 unspecified atom stereocenters. The van der Waals surface area contributed by atoms with Crippen LogP contribution in [0.1, 0.15) is 11.1 Å². The van der Waals surface area contributed by atoms with Crippen molar-refractivity contribution < 1.29 is 8.42 Å². The van der Waals surface area contributed by atoms with Gasteiger partial charge in [0.25, 0.3) is 0 Å². The molecule has 1 fully saturated rings. The van der Waals surface area contributed by atoms with Gasteiger partial charge in [0.2, 0.25) is 10.0 Å². The van der Waals surface area contributed by atoms with Crippen LogP contribution in [0.25, 0.3) is 0 Å². The molecular formula is C18H20N4O2S. The molecule has 0 saturated carbocycles. The fraction of sp³-hybridized carbons (Fsp3) is 0.278. The van der Waals surface area contributed by atoms with Gasteiger partial charge in [0, 0.05) is 38.4 Å². The smallest absolute Gasteiger partial charge is 0.238 e. The normalized spacial score (nSPS) is 15.8. The number of sulfonamides is 1. The van der Waals surface area contributed by atoms with E-state index < -0.39 is 10.0 Å². The number of hydrogen-bond acceptors (Lipinski definition) is 5. The highest BCUT2D eigenvalue weighted by molar-refractivity contribution is 7.89. The minimum absolute atomic E-state index is 0.135. The van der Waals surface area contributed by atoms with E-state index in [-0.39, 0.29) is 4.90 Å². The van der Waals surface area contributed by atoms with Crippen molar-refractivity contribution in [2.45, 2.75) is 11.4 Å². The molecule has 0 amide bonds. The van der Waals surface area contributed by atoms with E-state index in [1.807, 2.05) is 24.3 Å². The Bertz CT molecular complexity index is 863. The summed E-state index contributed by atoms with van der Waals surface area (Å²) in [6.07, 6.45) is 0. The van der Waals surface area contributed by atoms with Crippen LogP contribution in [0.5, 0.6) is 0 Å². The van der Waals surface area contributed by atoms with Crippen LogP contribution in [0.2, 0.25) is 0 Å². The van der Waals surface area contributed by atoms with Crippen molar-refractivity contribution in [1.82, 2.24) is 4.90 Å². The van der Waals surface area contributed by atoms with Gasteiger partial charge >= 0.3 is 0 Å². The zero-order chi connectivity index (χ0) is 17.9. The van der Waals surface area contributed by atoms with Crippen molar-refractivity contribution >= 4 is 15.7 Å². The van der Waals surface area contributed by atoms with Crippen LogP contribution in [0.4, 0.5) is 5.69 Å². The first-order chi connectivity index (χ1) is 12.0. The third-order valence-corrected chi connectivity index (χ3v) is 5.32. The van der Waals surface area contributed by atoms with Gasteiger partial charge < -0.3 is 4.90 Å². The Kier molecular flexibility index (Phi) is 5.04. The Hall–Kier alpha value is -2.40. The summed E-state index contributed by atoms with van der Waals surface area (Å²) in [7, 11) is -3.65. The monoisotopic (exact) mass is 356 g/mol. The second-order valence-corrected chi connectivity index (χ2v) is 7.67. The molecule has 1 aliphatic heterocycles. The Morgan fingerprint density at radius 3 is 2.08 bits per heavy atom. The fourth-order valence-electron chi connectivity index (χ4n) is 2.95. The lowest BCUT2D eigenvalue weighted by Gasteiger charge is -2.36. The number of nitriles is 1. The molecule has 2 aromatic carbocycles. The lowest BCUT2D eigenvalue weighted by atomic mass is 10.1. The van der Waals surface area contributed by atoms with Crippen molar-refractivity contribution in [3.05, 3.63) is 59.7 Å². The van der Waals surface area contributed by atoms with Crippen molar-refractivity contribution in [2.75, 3.05) is 31.1 Å². The van der Waals surface area contributed by atoms with E-state index in [2.05, 4.69) is 15.9 Å². The first-order valence-electron chi connectivity index (χ1n) is 8.05. The van der Waals surface area contributed by atoms with Crippen molar-refractivity contribution in [3.8, 4) is 6.07 Å². The summed E-state index contributed by atoms with van der Waals surface area (Å²) in [6.45, 7) is 4.48. The molecule has 1 heterocycles. The quantitative estimate of drug-likeness (QED) is 0.897. The molecule has 7 heteroatoms. The molecule has 3 rings (SSSR count). The molecule has 6 nitrogen and oxygen atoms in total. The number of nitrogens with zero attached hydrogens (tertiary/aromatic N) is 3. The summed E-state index contributed by atoms with van der Waals surface area (Å²) in [5.74, 6) is 0. The maximum atomic E-state index is 11.3. The standard InChI is InChI=1S/C18H20N4O2S/c19-13-15-1-3-16(4-2-15)14-21-9-11-22(12-10-21)17-5-7-18(8-6-17)25(20,23)24/h1-8H,9-12,14H2,(H2,20,23,24). The van der Waals surface area contributed by atoms with Gasteiger partial charge in [-0.15, -0.1) is 0 Å². The molecule has 0 aliphatic carbocycles. The van der Waals surface area contributed by atoms with E-state index in [0.717, 1.165) is 38.4 Å². The molecule has 0 spiro atoms. The summed E-state index contributed by atoms with van der Waals surface area (Å²) in [5, 5.41) is 14.0. The Labute approximate surface area is 148 Å². The highest BCUT2D eigenvalue weighted by Crippen LogP contribution is 2.19. The van der Waals surface area contributed by atoms with Gasteiger partial charge in [-0.1, -0.05) is 12.1 Å². The molecule has 130 valence electrons. The van der Waals surface area contributed by atoms with Crippen LogP contribution in [0.15, 0.2) is 53.4 Å². The van der Waals surface area contributed by atoms with Crippen LogP contribution < -0.4 is 10.0 Å². The van der Waals surface area contributed by atoms with Gasteiger partial charge in [-0.3, -0.25) is 4.90 Å². The minimum Gasteiger partial charge on any atom is -0.369 e. The SMILES string of the molecule is N#Cc1ccc(CN2CCN(c3ccc(S(N)(=O)=O)cc3)CC2)cc1. The minimum atomic E-state index is -3.65. The third-order valence-electron chi connectivity index (χ3n) is 4.39. The van der Waals surface area contributed by atoms with Gasteiger partial charge in [0.15, 0.2) is 0 Å². The van der Waals surface area contributed by atoms with Crippen LogP contribution in [0, 0.1) is 11.3 Å². The predicted molar refractivity (Wildman–Crippen MR) is 96.5 cm³/mol. The van der Waals surface area contributed by atoms with Gasteiger partial charge in [-0.2, -0.15) is 5.26 Å². The number of anilines is 1. The zero-order valence-electron chi connectivity index (χ0n) is 13.8. The average molecular weight is 356 g/mol. The Morgan fingerprint density at radius 2 is 1.56 bits per heavy atom. The fourth-order valence-corrected chi connectivity index (χ4v) is 3.47. The number of benzene rings is 2. The van der Waals surface area contributed by atoms with Gasteiger partial charge in [0.05, 0.1) is 16.5 Å². The molecule has 0 atom stereocenters. The Balaban J connectivity index is 1.57. The first kappa shape index (κ1) is 17.4. The molecule has 1 saturated heterocycles. The highest BCUT2D eigenvalue weighted by atomic mass is 32.2. The van der Waals surface area contributed by atoms with Crippen molar-refractivity contribution in [2.24, 2.45) is 5.14 Å². The maximum Gasteiger partial charge on any atom is 0.238 e. The summed E-state index contributed by atoms with van der Waals surface area (Å²) >= 11 is 0. The van der Waals surface area contributed by atoms with Gasteiger partial charge in [-0.25, -0.2) is 13.6 Å². The Morgan fingerprint density at radius 1 is 0.960 bits per heavy atom. The molecule has 2 N–H and O–H groups in total. The maximum absolute atomic E-state index is 11.3. The predicted octanol–water partition coefficient (Wildman–Crippen LogP) is 1.53. The summed E-state index contributed by atoms with van der Waals surface area (Å²) < 4.78 is 22.6. The third kappa shape index (κ3) is 4.37. The van der Waals surface area contributed by atoms with E-state index in [4.69, 9.17) is 10.4 Å². The first-order valence-corrected chi connectivity index (χ1v) is 9.59. The lowest BCUT2D eigenvalue weighted by molar-refractivity contribution is 0.250. The number of primary sulfonamides is 1. The largest absolute Gasteiger partial charge is 0.369 e. The van der Waals surface area contributed by atoms with Crippen LogP contribution >= 0.6 is 0 Å². The van der Waals surface area contributed by atoms with E-state index in [1.54, 1.807) is 24.3 Å². The molecule has 1 aliphatic rings. The number of piperazine rings is 1. The topological polar surface area (TPSA) is 90.4 Å². The average Bonchev–Trinajstić information content (AvgIpc) is 2.62. The van der Waals surface area contributed by atoms with E-state index in [1.165, 1.54) is 5.56 Å². The lowest BCUT2D eigenvalue weighted by Crippen LogP contribution is -2.45. The second-order valence-electron chi connectivity index (χ2n) is 6.11. The molecule has 25 heavy (non-hydrogen) atoms. The molecule has 2 aromatic rings.